The monoisotopic (exact) mass is 432 g/mol. The van der Waals surface area contributed by atoms with Crippen molar-refractivity contribution in [2.45, 2.75) is 50.7 Å². The number of hydrogen-bond acceptors (Lipinski definition) is 6. The number of carbonyl (C=O) groups is 2. The molecule has 0 aromatic heterocycles. The molecule has 8 nitrogen and oxygen atoms in total. The Morgan fingerprint density at radius 3 is 2.87 bits per heavy atom. The summed E-state index contributed by atoms with van der Waals surface area (Å²) in [5.74, 6) is -3.14. The molecule has 3 unspecified atom stereocenters. The van der Waals surface area contributed by atoms with Crippen LogP contribution in [0.25, 0.3) is 0 Å². The van der Waals surface area contributed by atoms with Crippen LogP contribution >= 0.6 is 0 Å². The largest absolute Gasteiger partial charge is 0.507 e. The van der Waals surface area contributed by atoms with Gasteiger partial charge in [-0.25, -0.2) is 8.78 Å². The fourth-order valence-electron chi connectivity index (χ4n) is 5.08. The predicted molar refractivity (Wildman–Crippen MR) is 104 cm³/mol. The summed E-state index contributed by atoms with van der Waals surface area (Å²) in [6.07, 6.45) is -0.829. The standard InChI is InChI=1S/C21H22F2N4O4/c1-9-7-24-19-14-5-4-13-15(17(28)18(29)16(27(13)14)21(31)26(9)19)20(30)25-8-10-2-3-11(22)6-12(10)23/h2-3,6,9,14,17,19,24,28-29H,4-5,7-8H2,1H3,(H,25,30)/t9-,14?,17?,19?/m0/s1. The van der Waals surface area contributed by atoms with Gasteiger partial charge in [-0.05, 0) is 25.8 Å². The van der Waals surface area contributed by atoms with Gasteiger partial charge in [-0.1, -0.05) is 6.07 Å². The van der Waals surface area contributed by atoms with Crippen LogP contribution in [0.1, 0.15) is 25.3 Å². The zero-order chi connectivity index (χ0) is 22.0. The summed E-state index contributed by atoms with van der Waals surface area (Å²) in [6, 6.07) is 2.82. The van der Waals surface area contributed by atoms with Gasteiger partial charge in [0.05, 0.1) is 11.6 Å². The average Bonchev–Trinajstić information content (AvgIpc) is 3.31. The number of carbonyl (C=O) groups excluding carboxylic acids is 2. The number of benzene rings is 1. The fraction of sp³-hybridized carbons (Fsp3) is 0.429. The number of nitrogens with zero attached hydrogens (tertiary/aromatic N) is 2. The highest BCUT2D eigenvalue weighted by molar-refractivity contribution is 6.00. The maximum Gasteiger partial charge on any atom is 0.275 e. The predicted octanol–water partition coefficient (Wildman–Crippen LogP) is 0.604. The van der Waals surface area contributed by atoms with E-state index in [9.17, 15) is 28.6 Å². The van der Waals surface area contributed by atoms with Crippen molar-refractivity contribution in [2.75, 3.05) is 6.54 Å². The molecule has 0 radical (unpaired) electrons. The van der Waals surface area contributed by atoms with Crippen LogP contribution in [0.4, 0.5) is 8.78 Å². The van der Waals surface area contributed by atoms with Gasteiger partial charge in [0, 0.05) is 36.5 Å². The highest BCUT2D eigenvalue weighted by atomic mass is 19.1. The number of aliphatic hydroxyl groups is 2. The van der Waals surface area contributed by atoms with E-state index in [-0.39, 0.29) is 47.5 Å². The molecule has 4 N–H and O–H groups in total. The molecule has 3 fully saturated rings. The second kappa shape index (κ2) is 7.03. The average molecular weight is 432 g/mol. The number of hydrogen-bond donors (Lipinski definition) is 4. The molecule has 10 heteroatoms. The summed E-state index contributed by atoms with van der Waals surface area (Å²) in [4.78, 5) is 29.4. The Kier molecular flexibility index (Phi) is 4.52. The molecule has 31 heavy (non-hydrogen) atoms. The Hall–Kier alpha value is -2.98. The van der Waals surface area contributed by atoms with Crippen molar-refractivity contribution in [1.29, 1.82) is 0 Å². The third-order valence-electron chi connectivity index (χ3n) is 6.52. The van der Waals surface area contributed by atoms with Gasteiger partial charge in [0.25, 0.3) is 11.8 Å². The van der Waals surface area contributed by atoms with E-state index in [2.05, 4.69) is 10.6 Å². The van der Waals surface area contributed by atoms with Crippen LogP contribution in [-0.2, 0) is 16.1 Å². The third kappa shape index (κ3) is 2.85. The lowest BCUT2D eigenvalue weighted by Gasteiger charge is -2.46. The molecule has 1 aromatic carbocycles. The van der Waals surface area contributed by atoms with Gasteiger partial charge in [-0.15, -0.1) is 0 Å². The first-order valence-corrected chi connectivity index (χ1v) is 10.2. The van der Waals surface area contributed by atoms with Gasteiger partial charge in [0.1, 0.15) is 29.6 Å². The molecule has 4 atom stereocenters. The van der Waals surface area contributed by atoms with Crippen LogP contribution in [-0.4, -0.2) is 62.7 Å². The van der Waals surface area contributed by atoms with Crippen molar-refractivity contribution in [1.82, 2.24) is 20.4 Å². The van der Waals surface area contributed by atoms with Crippen LogP contribution in [0.15, 0.2) is 40.9 Å². The zero-order valence-electron chi connectivity index (χ0n) is 16.7. The Labute approximate surface area is 176 Å². The van der Waals surface area contributed by atoms with E-state index in [4.69, 9.17) is 0 Å². The van der Waals surface area contributed by atoms with Crippen LogP contribution in [0, 0.1) is 11.6 Å². The van der Waals surface area contributed by atoms with Crippen LogP contribution < -0.4 is 10.6 Å². The van der Waals surface area contributed by atoms with Crippen molar-refractivity contribution in [2.24, 2.45) is 0 Å². The van der Waals surface area contributed by atoms with Gasteiger partial charge in [-0.2, -0.15) is 0 Å². The van der Waals surface area contributed by atoms with Crippen LogP contribution in [0.2, 0.25) is 0 Å². The molecule has 164 valence electrons. The highest BCUT2D eigenvalue weighted by Crippen LogP contribution is 2.46. The summed E-state index contributed by atoms with van der Waals surface area (Å²) in [7, 11) is 0. The second-order valence-corrected chi connectivity index (χ2v) is 8.31. The first-order valence-electron chi connectivity index (χ1n) is 10.2. The van der Waals surface area contributed by atoms with Crippen molar-refractivity contribution >= 4 is 11.8 Å². The lowest BCUT2D eigenvalue weighted by atomic mass is 9.95. The molecule has 5 rings (SSSR count). The highest BCUT2D eigenvalue weighted by Gasteiger charge is 2.56. The van der Waals surface area contributed by atoms with Crippen LogP contribution in [0.5, 0.6) is 0 Å². The number of piperazine rings is 1. The summed E-state index contributed by atoms with van der Waals surface area (Å²) in [5, 5.41) is 27.3. The molecular weight excluding hydrogens is 410 g/mol. The molecule has 0 saturated carbocycles. The van der Waals surface area contributed by atoms with E-state index in [0.29, 0.717) is 25.1 Å². The molecule has 4 heterocycles. The van der Waals surface area contributed by atoms with Crippen molar-refractivity contribution in [3.05, 3.63) is 58.1 Å². The SMILES string of the molecule is C[C@H]1CNC2C3CCC4=C(C(=O)NCc5ccc(F)cc5F)C(O)C(O)=C(C(=O)N21)N43. The van der Waals surface area contributed by atoms with Crippen molar-refractivity contribution < 1.29 is 28.6 Å². The van der Waals surface area contributed by atoms with Gasteiger partial charge < -0.3 is 25.3 Å². The Balaban J connectivity index is 1.46. The quantitative estimate of drug-likeness (QED) is 0.558. The molecule has 2 amide bonds. The Morgan fingerprint density at radius 1 is 1.35 bits per heavy atom. The Morgan fingerprint density at radius 2 is 2.13 bits per heavy atom. The number of allylic oxidation sites excluding steroid dienone is 1. The molecule has 4 aliphatic rings. The minimum atomic E-state index is -1.66. The molecular formula is C21H22F2N4O4. The topological polar surface area (TPSA) is 105 Å². The second-order valence-electron chi connectivity index (χ2n) is 8.31. The summed E-state index contributed by atoms with van der Waals surface area (Å²) < 4.78 is 27.0. The van der Waals surface area contributed by atoms with Crippen molar-refractivity contribution in [3.8, 4) is 0 Å². The number of aliphatic hydroxyl groups excluding tert-OH is 2. The summed E-state index contributed by atoms with van der Waals surface area (Å²) in [5.41, 5.74) is 0.525. The van der Waals surface area contributed by atoms with E-state index >= 15 is 0 Å². The van der Waals surface area contributed by atoms with E-state index < -0.39 is 29.4 Å². The fourth-order valence-corrected chi connectivity index (χ4v) is 5.08. The first-order chi connectivity index (χ1) is 14.8. The van der Waals surface area contributed by atoms with E-state index in [1.807, 2.05) is 6.92 Å². The molecule has 0 spiro atoms. The van der Waals surface area contributed by atoms with Gasteiger partial charge >= 0.3 is 0 Å². The summed E-state index contributed by atoms with van der Waals surface area (Å²) in [6.45, 7) is 2.31. The summed E-state index contributed by atoms with van der Waals surface area (Å²) >= 11 is 0. The minimum absolute atomic E-state index is 0.0120. The van der Waals surface area contributed by atoms with Crippen LogP contribution in [0.3, 0.4) is 0 Å². The van der Waals surface area contributed by atoms with E-state index in [1.165, 1.54) is 6.07 Å². The lowest BCUT2D eigenvalue weighted by Crippen LogP contribution is -2.61. The molecule has 3 saturated heterocycles. The number of halogens is 2. The molecule has 0 bridgehead atoms. The smallest absolute Gasteiger partial charge is 0.275 e. The number of amides is 2. The molecule has 1 aromatic rings. The number of rotatable bonds is 3. The van der Waals surface area contributed by atoms with Crippen molar-refractivity contribution in [3.63, 3.8) is 0 Å². The zero-order valence-corrected chi connectivity index (χ0v) is 16.7. The van der Waals surface area contributed by atoms with Gasteiger partial charge in [-0.3, -0.25) is 14.9 Å². The molecule has 4 aliphatic heterocycles. The first kappa shape index (κ1) is 20.0. The van der Waals surface area contributed by atoms with Gasteiger partial charge in [0.2, 0.25) is 0 Å². The maximum absolute atomic E-state index is 13.9. The maximum atomic E-state index is 13.9. The van der Waals surface area contributed by atoms with Gasteiger partial charge in [0.15, 0.2) is 5.76 Å². The molecule has 0 aliphatic carbocycles. The number of fused-ring (bicyclic) bond motifs is 2. The Bertz CT molecular complexity index is 1060. The minimum Gasteiger partial charge on any atom is -0.507 e. The number of nitrogens with one attached hydrogen (secondary N) is 2. The normalized spacial score (nSPS) is 29.5. The van der Waals surface area contributed by atoms with E-state index in [1.54, 1.807) is 9.80 Å². The van der Waals surface area contributed by atoms with E-state index in [0.717, 1.165) is 12.1 Å². The third-order valence-corrected chi connectivity index (χ3v) is 6.52. The lowest BCUT2D eigenvalue weighted by molar-refractivity contribution is -0.137.